The van der Waals surface area contributed by atoms with Crippen LogP contribution in [0, 0.1) is 0 Å². The van der Waals surface area contributed by atoms with Gasteiger partial charge in [0.05, 0.1) is 50.5 Å². The van der Waals surface area contributed by atoms with Gasteiger partial charge < -0.3 is 34.1 Å². The summed E-state index contributed by atoms with van der Waals surface area (Å²) in [6, 6.07) is 13.1. The van der Waals surface area contributed by atoms with E-state index in [0.29, 0.717) is 0 Å². The first-order chi connectivity index (χ1) is 26.7. The van der Waals surface area contributed by atoms with Crippen LogP contribution in [0.2, 0.25) is 5.02 Å². The van der Waals surface area contributed by atoms with Gasteiger partial charge in [0.15, 0.2) is 0 Å². The van der Waals surface area contributed by atoms with Crippen molar-refractivity contribution in [1.29, 1.82) is 0 Å². The zero-order valence-electron chi connectivity index (χ0n) is 30.3. The van der Waals surface area contributed by atoms with Crippen LogP contribution in [0.1, 0.15) is 26.3 Å². The third-order valence-electron chi connectivity index (χ3n) is 7.66. The minimum Gasteiger partial charge on any atom is -0.744 e. The number of Topliss-reactive ketones (excluding diaryl/α,β-unsaturated/α-hetero) is 1. The number of carbonyl (C=O) groups excluding carboxylic acids is 1. The fourth-order valence-corrected chi connectivity index (χ4v) is 7.38. The molecule has 4 N–H and O–H groups in total. The second kappa shape index (κ2) is 18.9. The van der Waals surface area contributed by atoms with Gasteiger partial charge in [0, 0.05) is 16.9 Å². The van der Waals surface area contributed by atoms with Gasteiger partial charge >= 0.3 is 105 Å². The van der Waals surface area contributed by atoms with Crippen molar-refractivity contribution in [2.75, 3.05) is 23.2 Å². The summed E-state index contributed by atoms with van der Waals surface area (Å²) in [6.07, 6.45) is 3.42. The molecule has 0 aliphatic heterocycles. The van der Waals surface area contributed by atoms with E-state index in [1.165, 1.54) is 66.5 Å². The number of aromatic carboxylic acids is 1. The standard InChI is InChI=1S/C32H23ClN8O13S3.K.Na/c1-54-20-6-9-23(25(14-20)56(48,49)50)39-40-27-26(57(51,52)53)12-17-11-18(4-7-21(17)28(27)42)34-30-36-31(35-19-5-8-22(33)24(13-19)55(45,46)47)38-32(37-30)41-10-2-3-16(15-41)29(43)44;;/h2-15H,1H3,(H6-,34,35,36,37,38,39,42,43,44,45,46,47,48,49,50,51,52,53);;/q;2*+1/p-2. The molecule has 0 spiro atoms. The van der Waals surface area contributed by atoms with Crippen LogP contribution in [0.4, 0.5) is 29.0 Å². The Hall–Kier alpha value is -3.77. The van der Waals surface area contributed by atoms with Crippen LogP contribution >= 0.6 is 11.6 Å². The number of pyridine rings is 1. The number of benzene rings is 3. The Morgan fingerprint density at radius 1 is 0.847 bits per heavy atom. The van der Waals surface area contributed by atoms with Gasteiger partial charge in [-0.15, -0.1) is 4.98 Å². The number of rotatable bonds is 12. The van der Waals surface area contributed by atoms with E-state index in [1.54, 1.807) is 0 Å². The summed E-state index contributed by atoms with van der Waals surface area (Å²) in [4.78, 5) is 35.3. The maximum atomic E-state index is 13.6. The number of fused-ring (bicyclic) bond motifs is 1. The summed E-state index contributed by atoms with van der Waals surface area (Å²) in [5, 5.41) is 18.4. The number of aromatic nitrogens is 4. The van der Waals surface area contributed by atoms with Gasteiger partial charge in [0.25, 0.3) is 0 Å². The average molecular weight is 919 g/mol. The molecule has 0 saturated carbocycles. The number of carboxylic acid groups (broad SMARTS) is 1. The molecule has 2 aromatic heterocycles. The average Bonchev–Trinajstić information content (AvgIpc) is 3.13. The summed E-state index contributed by atoms with van der Waals surface area (Å²) in [7, 11) is -14.3. The van der Waals surface area contributed by atoms with E-state index in [0.717, 1.165) is 30.3 Å². The normalized spacial score (nSPS) is 13.3. The third-order valence-corrected chi connectivity index (χ3v) is 10.7. The quantitative estimate of drug-likeness (QED) is 0.0406. The zero-order valence-corrected chi connectivity index (χ0v) is 38.6. The van der Waals surface area contributed by atoms with Crippen LogP contribution in [-0.2, 0) is 30.4 Å². The minimum atomic E-state index is -5.42. The zero-order chi connectivity index (χ0) is 41.4. The van der Waals surface area contributed by atoms with Crippen molar-refractivity contribution in [2.24, 2.45) is 5.10 Å². The molecule has 6 rings (SSSR count). The summed E-state index contributed by atoms with van der Waals surface area (Å²) >= 11 is 5.89. The monoisotopic (exact) mass is 918 g/mol. The van der Waals surface area contributed by atoms with E-state index in [1.807, 2.05) is 0 Å². The second-order valence-corrected chi connectivity index (χ2v) is 15.9. The Bertz CT molecular complexity index is 2940. The molecule has 5 aromatic rings. The van der Waals surface area contributed by atoms with E-state index < -0.39 is 68.2 Å². The van der Waals surface area contributed by atoms with Crippen molar-refractivity contribution in [3.8, 4) is 11.7 Å². The first kappa shape index (κ1) is 47.9. The number of methoxy groups -OCH3 is 1. The van der Waals surface area contributed by atoms with Crippen LogP contribution in [0.3, 0.4) is 0 Å². The number of hydrogen-bond donors (Lipinski definition) is 4. The molecule has 59 heavy (non-hydrogen) atoms. The van der Waals surface area contributed by atoms with Crippen molar-refractivity contribution >= 4 is 94.5 Å². The van der Waals surface area contributed by atoms with E-state index in [-0.39, 0.29) is 138 Å². The smallest absolute Gasteiger partial charge is 0.744 e. The Kier molecular flexibility index (Phi) is 15.3. The molecule has 2 heterocycles. The first-order valence-corrected chi connectivity index (χ1v) is 20.0. The molecule has 0 amide bonds. The number of halogens is 1. The largest absolute Gasteiger partial charge is 1.00 e. The summed E-state index contributed by atoms with van der Waals surface area (Å²) in [5.41, 5.74) is 0.475. The first-order valence-electron chi connectivity index (χ1n) is 15.4. The molecule has 3 aromatic carbocycles. The topological polar surface area (TPSA) is 326 Å². The maximum Gasteiger partial charge on any atom is 1.00 e. The van der Waals surface area contributed by atoms with Crippen LogP contribution < -0.4 is 106 Å². The van der Waals surface area contributed by atoms with Crippen molar-refractivity contribution in [2.45, 2.75) is 9.79 Å². The molecule has 0 bridgehead atoms. The van der Waals surface area contributed by atoms with Crippen molar-refractivity contribution < 1.29 is 144 Å². The molecule has 0 saturated heterocycles. The number of carboxylic acids is 1. The number of nitrogens with one attached hydrogen (secondary N) is 3. The van der Waals surface area contributed by atoms with E-state index in [4.69, 9.17) is 16.3 Å². The molecular formula is C32H21ClKN8NaO13S3. The number of anilines is 5. The third kappa shape index (κ3) is 11.3. The Morgan fingerprint density at radius 3 is 2.07 bits per heavy atom. The number of hydrogen-bond acceptors (Lipinski definition) is 19. The predicted octanol–water partition coefficient (Wildman–Crippen LogP) is -3.64. The number of allylic oxidation sites excluding steroid dienone is 1. The van der Waals surface area contributed by atoms with Crippen molar-refractivity contribution in [1.82, 2.24) is 15.0 Å². The molecule has 0 fully saturated rings. The molecule has 294 valence electrons. The van der Waals surface area contributed by atoms with Gasteiger partial charge in [0.2, 0.25) is 5.78 Å². The molecular weight excluding hydrogens is 898 g/mol. The van der Waals surface area contributed by atoms with Gasteiger partial charge in [-0.25, -0.2) is 34.6 Å². The molecule has 1 aliphatic rings. The number of hydrazone groups is 1. The fraction of sp³-hybridized carbons (Fsp3) is 0.0312. The fourth-order valence-electron chi connectivity index (χ4n) is 5.11. The number of ketones is 1. The number of carbonyl (C=O) groups is 2. The van der Waals surface area contributed by atoms with Gasteiger partial charge in [-0.3, -0.25) is 10.2 Å². The second-order valence-electron chi connectivity index (χ2n) is 11.4. The van der Waals surface area contributed by atoms with Gasteiger partial charge in [-0.1, -0.05) is 11.6 Å². The van der Waals surface area contributed by atoms with Gasteiger partial charge in [-0.2, -0.15) is 5.10 Å². The molecule has 1 aliphatic carbocycles. The number of nitrogens with zero attached hydrogens (tertiary/aromatic N) is 5. The van der Waals surface area contributed by atoms with Gasteiger partial charge in [-0.05, 0) is 88.3 Å². The Balaban J connectivity index is 0.00000384. The summed E-state index contributed by atoms with van der Waals surface area (Å²) in [6.45, 7) is 0. The van der Waals surface area contributed by atoms with Crippen molar-refractivity contribution in [3.05, 3.63) is 106 Å². The van der Waals surface area contributed by atoms with Crippen LogP contribution in [0.5, 0.6) is 5.75 Å². The van der Waals surface area contributed by atoms with Gasteiger partial charge in [0.1, 0.15) is 41.8 Å². The van der Waals surface area contributed by atoms with E-state index in [2.05, 4.69) is 36.1 Å². The molecule has 0 unspecified atom stereocenters. The molecule has 0 atom stereocenters. The SMILES string of the molecule is COc1ccc(N/N=C2/C(=O)c3ccc(Nc4nc(Nc5ccc(Cl)c(S(=O)(=O)[O-])c5)nc(-[n+]5cccc(C(=O)O)c5)n4)cc3C=C2S(=O)(=O)[O-])c(S(=O)(=O)[O-])c1.[K+].[Na+]. The number of ether oxygens (including phenoxy) is 1. The van der Waals surface area contributed by atoms with Crippen LogP contribution in [0.15, 0.2) is 98.9 Å². The van der Waals surface area contributed by atoms with Crippen molar-refractivity contribution in [3.63, 3.8) is 0 Å². The molecule has 0 radical (unpaired) electrons. The maximum absolute atomic E-state index is 13.6. The minimum absolute atomic E-state index is 0. The van der Waals surface area contributed by atoms with E-state index >= 15 is 0 Å². The van der Waals surface area contributed by atoms with Crippen LogP contribution in [-0.4, -0.2) is 83.5 Å². The summed E-state index contributed by atoms with van der Waals surface area (Å²) < 4.78 is 114. The Morgan fingerprint density at radius 2 is 1.47 bits per heavy atom. The Labute approximate surface area is 404 Å². The molecule has 21 nitrogen and oxygen atoms in total. The van der Waals surface area contributed by atoms with E-state index in [9.17, 15) is 53.6 Å². The molecule has 27 heteroatoms. The summed E-state index contributed by atoms with van der Waals surface area (Å²) in [5.74, 6) is -3.07. The predicted molar refractivity (Wildman–Crippen MR) is 195 cm³/mol. The van der Waals surface area contributed by atoms with Crippen LogP contribution in [0.25, 0.3) is 12.0 Å².